The number of imidazole rings is 1. The first-order chi connectivity index (χ1) is 6.61. The summed E-state index contributed by atoms with van der Waals surface area (Å²) in [4.78, 5) is 14.7. The predicted molar refractivity (Wildman–Crippen MR) is 54.5 cm³/mol. The van der Waals surface area contributed by atoms with Crippen LogP contribution in [0.1, 0.15) is 19.8 Å². The molecule has 5 heteroatoms. The van der Waals surface area contributed by atoms with Gasteiger partial charge in [0.25, 0.3) is 0 Å². The van der Waals surface area contributed by atoms with Crippen LogP contribution < -0.4 is 11.5 Å². The number of hydrogen-bond acceptors (Lipinski definition) is 4. The lowest BCUT2D eigenvalue weighted by Gasteiger charge is -2.08. The van der Waals surface area contributed by atoms with E-state index in [1.807, 2.05) is 10.8 Å². The lowest BCUT2D eigenvalue weighted by molar-refractivity contribution is -0.118. The smallest absolute Gasteiger partial charge is 0.200 e. The zero-order valence-electron chi connectivity index (χ0n) is 8.31. The van der Waals surface area contributed by atoms with E-state index in [0.717, 1.165) is 13.0 Å². The Morgan fingerprint density at radius 2 is 2.43 bits per heavy atom. The highest BCUT2D eigenvalue weighted by molar-refractivity contribution is 5.80. The second kappa shape index (κ2) is 4.76. The SMILES string of the molecule is CC(=O)[C@@H](N)CCCn1ccnc1N. The van der Waals surface area contributed by atoms with Gasteiger partial charge in [0.2, 0.25) is 0 Å². The van der Waals surface area contributed by atoms with Gasteiger partial charge in [-0.15, -0.1) is 0 Å². The van der Waals surface area contributed by atoms with Crippen LogP contribution in [0.2, 0.25) is 0 Å². The van der Waals surface area contributed by atoms with Gasteiger partial charge in [-0.05, 0) is 19.8 Å². The molecule has 5 nitrogen and oxygen atoms in total. The molecular formula is C9H16N4O. The normalized spacial score (nSPS) is 12.7. The molecule has 1 heterocycles. The summed E-state index contributed by atoms with van der Waals surface area (Å²) in [7, 11) is 0. The molecular weight excluding hydrogens is 180 g/mol. The van der Waals surface area contributed by atoms with Gasteiger partial charge in [0.05, 0.1) is 6.04 Å². The number of carbonyl (C=O) groups excluding carboxylic acids is 1. The highest BCUT2D eigenvalue weighted by Crippen LogP contribution is 2.03. The summed E-state index contributed by atoms with van der Waals surface area (Å²) in [5, 5.41) is 0. The van der Waals surface area contributed by atoms with E-state index in [9.17, 15) is 4.79 Å². The molecule has 0 aliphatic rings. The fourth-order valence-electron chi connectivity index (χ4n) is 1.21. The topological polar surface area (TPSA) is 86.9 Å². The largest absolute Gasteiger partial charge is 0.369 e. The number of ketones is 1. The molecule has 0 amide bonds. The van der Waals surface area contributed by atoms with Gasteiger partial charge in [0.1, 0.15) is 5.78 Å². The molecule has 0 spiro atoms. The van der Waals surface area contributed by atoms with E-state index in [1.165, 1.54) is 6.92 Å². The number of aryl methyl sites for hydroxylation is 1. The third kappa shape index (κ3) is 2.85. The number of hydrogen-bond donors (Lipinski definition) is 2. The van der Waals surface area contributed by atoms with E-state index in [2.05, 4.69) is 4.98 Å². The Kier molecular flexibility index (Phi) is 3.64. The molecule has 1 rings (SSSR count). The van der Waals surface area contributed by atoms with Crippen molar-refractivity contribution < 1.29 is 4.79 Å². The van der Waals surface area contributed by atoms with Crippen LogP contribution in [0.5, 0.6) is 0 Å². The van der Waals surface area contributed by atoms with Gasteiger partial charge in [-0.2, -0.15) is 0 Å². The van der Waals surface area contributed by atoms with Crippen LogP contribution in [-0.2, 0) is 11.3 Å². The maximum atomic E-state index is 10.8. The van der Waals surface area contributed by atoms with Crippen LogP contribution in [-0.4, -0.2) is 21.4 Å². The Labute approximate surface area is 83.1 Å². The maximum Gasteiger partial charge on any atom is 0.200 e. The first-order valence-electron chi connectivity index (χ1n) is 4.64. The summed E-state index contributed by atoms with van der Waals surface area (Å²) in [6.45, 7) is 2.27. The zero-order chi connectivity index (χ0) is 10.6. The quantitative estimate of drug-likeness (QED) is 0.702. The molecule has 14 heavy (non-hydrogen) atoms. The number of nitrogen functional groups attached to an aromatic ring is 1. The molecule has 4 N–H and O–H groups in total. The second-order valence-electron chi connectivity index (χ2n) is 3.34. The molecule has 1 aromatic heterocycles. The lowest BCUT2D eigenvalue weighted by atomic mass is 10.1. The van der Waals surface area contributed by atoms with E-state index in [1.54, 1.807) is 6.20 Å². The van der Waals surface area contributed by atoms with Gasteiger partial charge >= 0.3 is 0 Å². The van der Waals surface area contributed by atoms with Gasteiger partial charge in [0, 0.05) is 18.9 Å². The second-order valence-corrected chi connectivity index (χ2v) is 3.34. The monoisotopic (exact) mass is 196 g/mol. The van der Waals surface area contributed by atoms with Crippen LogP contribution in [0, 0.1) is 0 Å². The van der Waals surface area contributed by atoms with Crippen molar-refractivity contribution in [3.05, 3.63) is 12.4 Å². The number of Topliss-reactive ketones (excluding diaryl/α,β-unsaturated/α-hetero) is 1. The summed E-state index contributed by atoms with van der Waals surface area (Å²) >= 11 is 0. The number of carbonyl (C=O) groups is 1. The van der Waals surface area contributed by atoms with Gasteiger partial charge < -0.3 is 16.0 Å². The Morgan fingerprint density at radius 3 is 2.93 bits per heavy atom. The number of nitrogens with two attached hydrogens (primary N) is 2. The standard InChI is InChI=1S/C9H16N4O/c1-7(14)8(10)3-2-5-13-6-4-12-9(13)11/h4,6,8H,2-3,5,10H2,1H3,(H2,11,12)/t8-/m0/s1. The molecule has 0 bridgehead atoms. The number of anilines is 1. The van der Waals surface area contributed by atoms with Crippen molar-refractivity contribution in [1.29, 1.82) is 0 Å². The van der Waals surface area contributed by atoms with E-state index in [4.69, 9.17) is 11.5 Å². The van der Waals surface area contributed by atoms with Crippen LogP contribution in [0.4, 0.5) is 5.95 Å². The molecule has 0 unspecified atom stereocenters. The summed E-state index contributed by atoms with van der Waals surface area (Å²) < 4.78 is 1.84. The summed E-state index contributed by atoms with van der Waals surface area (Å²) in [5.74, 6) is 0.532. The summed E-state index contributed by atoms with van der Waals surface area (Å²) in [6.07, 6.45) is 4.99. The van der Waals surface area contributed by atoms with Crippen molar-refractivity contribution in [1.82, 2.24) is 9.55 Å². The number of nitrogens with zero attached hydrogens (tertiary/aromatic N) is 2. The molecule has 78 valence electrons. The van der Waals surface area contributed by atoms with E-state index in [-0.39, 0.29) is 11.8 Å². The van der Waals surface area contributed by atoms with Crippen molar-refractivity contribution >= 4 is 11.7 Å². The first kappa shape index (κ1) is 10.7. The van der Waals surface area contributed by atoms with Crippen molar-refractivity contribution in [3.63, 3.8) is 0 Å². The minimum absolute atomic E-state index is 0.0311. The summed E-state index contributed by atoms with van der Waals surface area (Å²) in [6, 6.07) is -0.347. The molecule has 0 aliphatic carbocycles. The minimum Gasteiger partial charge on any atom is -0.369 e. The Hall–Kier alpha value is -1.36. The predicted octanol–water partition coefficient (Wildman–Crippen LogP) is 0.162. The van der Waals surface area contributed by atoms with E-state index in [0.29, 0.717) is 12.4 Å². The molecule has 0 saturated carbocycles. The van der Waals surface area contributed by atoms with Crippen LogP contribution >= 0.6 is 0 Å². The third-order valence-corrected chi connectivity index (χ3v) is 2.18. The molecule has 0 aromatic carbocycles. The Morgan fingerprint density at radius 1 is 1.71 bits per heavy atom. The molecule has 0 aliphatic heterocycles. The average molecular weight is 196 g/mol. The maximum absolute atomic E-state index is 10.8. The van der Waals surface area contributed by atoms with Crippen LogP contribution in [0.25, 0.3) is 0 Å². The van der Waals surface area contributed by atoms with Crippen molar-refractivity contribution in [2.75, 3.05) is 5.73 Å². The molecule has 0 saturated heterocycles. The highest BCUT2D eigenvalue weighted by Gasteiger charge is 2.07. The number of aromatic nitrogens is 2. The van der Waals surface area contributed by atoms with Crippen molar-refractivity contribution in [3.8, 4) is 0 Å². The Balaban J connectivity index is 2.29. The number of rotatable bonds is 5. The van der Waals surface area contributed by atoms with Crippen LogP contribution in [0.3, 0.4) is 0 Å². The third-order valence-electron chi connectivity index (χ3n) is 2.18. The molecule has 1 atom stereocenters. The van der Waals surface area contributed by atoms with Crippen molar-refractivity contribution in [2.45, 2.75) is 32.4 Å². The Bertz CT molecular complexity index is 308. The molecule has 0 fully saturated rings. The average Bonchev–Trinajstić information content (AvgIpc) is 2.51. The zero-order valence-corrected chi connectivity index (χ0v) is 8.31. The van der Waals surface area contributed by atoms with Gasteiger partial charge in [-0.3, -0.25) is 4.79 Å². The summed E-state index contributed by atoms with van der Waals surface area (Å²) in [5.41, 5.74) is 11.2. The molecule has 1 aromatic rings. The van der Waals surface area contributed by atoms with Crippen LogP contribution in [0.15, 0.2) is 12.4 Å². The molecule has 0 radical (unpaired) electrons. The van der Waals surface area contributed by atoms with Crippen molar-refractivity contribution in [2.24, 2.45) is 5.73 Å². The van der Waals surface area contributed by atoms with E-state index < -0.39 is 0 Å². The van der Waals surface area contributed by atoms with Gasteiger partial charge in [-0.1, -0.05) is 0 Å². The fourth-order valence-corrected chi connectivity index (χ4v) is 1.21. The highest BCUT2D eigenvalue weighted by atomic mass is 16.1. The van der Waals surface area contributed by atoms with Gasteiger partial charge in [0.15, 0.2) is 5.95 Å². The minimum atomic E-state index is -0.347. The van der Waals surface area contributed by atoms with E-state index >= 15 is 0 Å². The van der Waals surface area contributed by atoms with Gasteiger partial charge in [-0.25, -0.2) is 4.98 Å². The first-order valence-corrected chi connectivity index (χ1v) is 4.64. The lowest BCUT2D eigenvalue weighted by Crippen LogP contribution is -2.28. The fraction of sp³-hybridized carbons (Fsp3) is 0.556.